The SMILES string of the molecule is CC(=O)Oc1ccccc1C(=O)O.[Al]. The van der Waals surface area contributed by atoms with Crippen LogP contribution in [0.3, 0.4) is 0 Å². The van der Waals surface area contributed by atoms with Crippen molar-refractivity contribution in [2.75, 3.05) is 0 Å². The van der Waals surface area contributed by atoms with E-state index < -0.39 is 11.9 Å². The Hall–Kier alpha value is -1.31. The van der Waals surface area contributed by atoms with E-state index in [2.05, 4.69) is 4.74 Å². The molecule has 0 aliphatic heterocycles. The smallest absolute Gasteiger partial charge is 0.339 e. The molecule has 71 valence electrons. The van der Waals surface area contributed by atoms with Crippen LogP contribution >= 0.6 is 0 Å². The topological polar surface area (TPSA) is 63.6 Å². The molecule has 0 atom stereocenters. The minimum absolute atomic E-state index is 0. The fraction of sp³-hybridized carbons (Fsp3) is 0.111. The molecule has 1 rings (SSSR count). The number of carbonyl (C=O) groups excluding carboxylic acids is 1. The van der Waals surface area contributed by atoms with Crippen LogP contribution in [0.5, 0.6) is 5.75 Å². The van der Waals surface area contributed by atoms with Crippen LogP contribution in [0.4, 0.5) is 0 Å². The van der Waals surface area contributed by atoms with Gasteiger partial charge < -0.3 is 9.84 Å². The van der Waals surface area contributed by atoms with Crippen LogP contribution < -0.4 is 4.74 Å². The van der Waals surface area contributed by atoms with Gasteiger partial charge in [0.1, 0.15) is 11.3 Å². The first kappa shape index (κ1) is 12.7. The maximum Gasteiger partial charge on any atom is 0.339 e. The second kappa shape index (κ2) is 5.43. The molecular weight excluding hydrogens is 199 g/mol. The second-order valence-electron chi connectivity index (χ2n) is 2.39. The highest BCUT2D eigenvalue weighted by molar-refractivity contribution is 5.91. The number of para-hydroxylation sites is 1. The zero-order valence-electron chi connectivity index (χ0n) is 7.56. The molecule has 4 nitrogen and oxygen atoms in total. The molecular formula is C9H8AlO4. The van der Waals surface area contributed by atoms with Gasteiger partial charge >= 0.3 is 11.9 Å². The maximum absolute atomic E-state index is 10.6. The summed E-state index contributed by atoms with van der Waals surface area (Å²) in [4.78, 5) is 21.2. The summed E-state index contributed by atoms with van der Waals surface area (Å²) in [7, 11) is 0. The summed E-state index contributed by atoms with van der Waals surface area (Å²) in [6, 6.07) is 5.98. The van der Waals surface area contributed by atoms with E-state index in [4.69, 9.17) is 5.11 Å². The van der Waals surface area contributed by atoms with E-state index >= 15 is 0 Å². The standard InChI is InChI=1S/C9H8O4.Al/c1-6(10)13-8-5-3-2-4-7(8)9(11)12;/h2-5H,1H3,(H,11,12);. The monoisotopic (exact) mass is 207 g/mol. The molecule has 0 saturated heterocycles. The van der Waals surface area contributed by atoms with Crippen molar-refractivity contribution in [2.24, 2.45) is 0 Å². The van der Waals surface area contributed by atoms with Gasteiger partial charge in [-0.15, -0.1) is 0 Å². The van der Waals surface area contributed by atoms with E-state index in [0.717, 1.165) is 0 Å². The molecule has 0 bridgehead atoms. The third-order valence-corrected chi connectivity index (χ3v) is 1.37. The molecule has 0 aliphatic rings. The molecule has 1 N–H and O–H groups in total. The Morgan fingerprint density at radius 2 is 1.86 bits per heavy atom. The van der Waals surface area contributed by atoms with Crippen LogP contribution in [0.1, 0.15) is 17.3 Å². The Bertz CT molecular complexity index is 348. The van der Waals surface area contributed by atoms with Crippen LogP contribution in [0, 0.1) is 0 Å². The number of esters is 1. The van der Waals surface area contributed by atoms with Crippen molar-refractivity contribution in [3.8, 4) is 5.75 Å². The number of carboxylic acid groups (broad SMARTS) is 1. The van der Waals surface area contributed by atoms with Gasteiger partial charge in [-0.1, -0.05) is 12.1 Å². The number of benzene rings is 1. The van der Waals surface area contributed by atoms with Gasteiger partial charge in [-0.25, -0.2) is 4.79 Å². The zero-order valence-corrected chi connectivity index (χ0v) is 8.71. The molecule has 0 spiro atoms. The van der Waals surface area contributed by atoms with Gasteiger partial charge in [0.2, 0.25) is 0 Å². The number of hydrogen-bond acceptors (Lipinski definition) is 3. The normalized spacial score (nSPS) is 8.64. The lowest BCUT2D eigenvalue weighted by Crippen LogP contribution is -2.06. The first-order valence-corrected chi connectivity index (χ1v) is 3.62. The van der Waals surface area contributed by atoms with Crippen molar-refractivity contribution < 1.29 is 19.4 Å². The fourth-order valence-electron chi connectivity index (χ4n) is 0.887. The molecule has 0 fully saturated rings. The number of carboxylic acids is 1. The number of aromatic carboxylic acids is 1. The molecule has 3 radical (unpaired) electrons. The number of rotatable bonds is 2. The van der Waals surface area contributed by atoms with E-state index in [1.54, 1.807) is 12.1 Å². The predicted molar refractivity (Wildman–Crippen MR) is 50.5 cm³/mol. The summed E-state index contributed by atoms with van der Waals surface area (Å²) < 4.78 is 4.69. The predicted octanol–water partition coefficient (Wildman–Crippen LogP) is 0.929. The van der Waals surface area contributed by atoms with Gasteiger partial charge in [0, 0.05) is 24.3 Å². The van der Waals surface area contributed by atoms with Crippen LogP contribution in [0.25, 0.3) is 0 Å². The lowest BCUT2D eigenvalue weighted by molar-refractivity contribution is -0.131. The average molecular weight is 207 g/mol. The van der Waals surface area contributed by atoms with Crippen molar-refractivity contribution in [3.05, 3.63) is 29.8 Å². The quantitative estimate of drug-likeness (QED) is 0.445. The third-order valence-electron chi connectivity index (χ3n) is 1.37. The van der Waals surface area contributed by atoms with Gasteiger partial charge in [0.15, 0.2) is 0 Å². The number of carbonyl (C=O) groups is 2. The molecule has 0 saturated carbocycles. The van der Waals surface area contributed by atoms with Gasteiger partial charge in [-0.2, -0.15) is 0 Å². The Morgan fingerprint density at radius 1 is 1.29 bits per heavy atom. The van der Waals surface area contributed by atoms with Crippen molar-refractivity contribution in [1.82, 2.24) is 0 Å². The van der Waals surface area contributed by atoms with Crippen molar-refractivity contribution >= 4 is 29.3 Å². The maximum atomic E-state index is 10.6. The molecule has 0 aromatic heterocycles. The zero-order chi connectivity index (χ0) is 9.84. The summed E-state index contributed by atoms with van der Waals surface area (Å²) in [6.45, 7) is 1.22. The molecule has 0 aliphatic carbocycles. The first-order valence-electron chi connectivity index (χ1n) is 3.62. The summed E-state index contributed by atoms with van der Waals surface area (Å²) in [5, 5.41) is 8.69. The van der Waals surface area contributed by atoms with E-state index in [1.165, 1.54) is 19.1 Å². The molecule has 0 unspecified atom stereocenters. The summed E-state index contributed by atoms with van der Waals surface area (Å²) in [6.07, 6.45) is 0. The molecule has 1 aromatic rings. The van der Waals surface area contributed by atoms with Crippen LogP contribution in [0.2, 0.25) is 0 Å². The molecule has 5 heteroatoms. The van der Waals surface area contributed by atoms with Crippen molar-refractivity contribution in [1.29, 1.82) is 0 Å². The average Bonchev–Trinajstić information content (AvgIpc) is 2.03. The van der Waals surface area contributed by atoms with Crippen molar-refractivity contribution in [2.45, 2.75) is 6.92 Å². The Morgan fingerprint density at radius 3 is 2.36 bits per heavy atom. The van der Waals surface area contributed by atoms with Crippen molar-refractivity contribution in [3.63, 3.8) is 0 Å². The van der Waals surface area contributed by atoms with E-state index in [1.807, 2.05) is 0 Å². The van der Waals surface area contributed by atoms with Gasteiger partial charge in [0.05, 0.1) is 0 Å². The number of hydrogen-bond donors (Lipinski definition) is 1. The fourth-order valence-corrected chi connectivity index (χ4v) is 0.887. The molecule has 0 amide bonds. The van der Waals surface area contributed by atoms with Crippen LogP contribution in [0.15, 0.2) is 24.3 Å². The second-order valence-corrected chi connectivity index (χ2v) is 2.39. The molecule has 0 heterocycles. The number of ether oxygens (including phenoxy) is 1. The van der Waals surface area contributed by atoms with Crippen LogP contribution in [-0.2, 0) is 4.79 Å². The van der Waals surface area contributed by atoms with E-state index in [-0.39, 0.29) is 28.7 Å². The molecule has 1 aromatic carbocycles. The summed E-state index contributed by atoms with van der Waals surface area (Å²) >= 11 is 0. The van der Waals surface area contributed by atoms with Gasteiger partial charge in [0.25, 0.3) is 0 Å². The third kappa shape index (κ3) is 3.21. The molecule has 14 heavy (non-hydrogen) atoms. The summed E-state index contributed by atoms with van der Waals surface area (Å²) in [5.41, 5.74) is -0.0160. The lowest BCUT2D eigenvalue weighted by atomic mass is 10.2. The highest BCUT2D eigenvalue weighted by atomic mass is 27.0. The minimum atomic E-state index is -1.11. The highest BCUT2D eigenvalue weighted by Gasteiger charge is 2.10. The highest BCUT2D eigenvalue weighted by Crippen LogP contribution is 2.17. The Kier molecular flexibility index (Phi) is 4.92. The Labute approximate surface area is 91.6 Å². The van der Waals surface area contributed by atoms with E-state index in [9.17, 15) is 9.59 Å². The minimum Gasteiger partial charge on any atom is -0.478 e. The van der Waals surface area contributed by atoms with Gasteiger partial charge in [-0.05, 0) is 12.1 Å². The summed E-state index contributed by atoms with van der Waals surface area (Å²) in [5.74, 6) is -1.58. The van der Waals surface area contributed by atoms with Gasteiger partial charge in [-0.3, -0.25) is 4.79 Å². The Balaban J connectivity index is 0.00000169. The van der Waals surface area contributed by atoms with E-state index in [0.29, 0.717) is 0 Å². The first-order chi connectivity index (χ1) is 6.11. The van der Waals surface area contributed by atoms with Crippen LogP contribution in [-0.4, -0.2) is 34.4 Å². The largest absolute Gasteiger partial charge is 0.478 e. The lowest BCUT2D eigenvalue weighted by Gasteiger charge is -2.03.